The van der Waals surface area contributed by atoms with Crippen LogP contribution in [0.1, 0.15) is 19.3 Å². The van der Waals surface area contributed by atoms with Gasteiger partial charge in [-0.25, -0.2) is 9.59 Å². The van der Waals surface area contributed by atoms with Crippen molar-refractivity contribution in [2.24, 2.45) is 11.8 Å². The van der Waals surface area contributed by atoms with Gasteiger partial charge in [-0.05, 0) is 37.2 Å². The number of aliphatic hydroxyl groups is 1. The Balaban J connectivity index is 1.86. The number of hydrogen-bond donors (Lipinski definition) is 3. The highest BCUT2D eigenvalue weighted by atomic mass is 32.2. The molecule has 2 amide bonds. The molecule has 2 rings (SSSR count). The van der Waals surface area contributed by atoms with Crippen LogP contribution in [0.5, 0.6) is 0 Å². The van der Waals surface area contributed by atoms with Gasteiger partial charge in [0.2, 0.25) is 0 Å². The van der Waals surface area contributed by atoms with Gasteiger partial charge in [0, 0.05) is 19.0 Å². The monoisotopic (exact) mass is 302 g/mol. The predicted molar refractivity (Wildman–Crippen MR) is 76.7 cm³/mol. The van der Waals surface area contributed by atoms with Gasteiger partial charge in [-0.2, -0.15) is 11.8 Å². The molecule has 1 heterocycles. The molecule has 4 atom stereocenters. The predicted octanol–water partition coefficient (Wildman–Crippen LogP) is 0.605. The van der Waals surface area contributed by atoms with Crippen LogP contribution in [0.2, 0.25) is 0 Å². The number of carboxylic acid groups (broad SMARTS) is 1. The van der Waals surface area contributed by atoms with E-state index < -0.39 is 12.0 Å². The number of aliphatic carboxylic acids is 1. The van der Waals surface area contributed by atoms with Gasteiger partial charge in [0.15, 0.2) is 0 Å². The first-order valence-corrected chi connectivity index (χ1v) is 8.37. The number of carbonyl (C=O) groups excluding carboxylic acids is 1. The number of rotatable bonds is 5. The number of carboxylic acids is 1. The van der Waals surface area contributed by atoms with E-state index in [-0.39, 0.29) is 18.1 Å². The minimum atomic E-state index is -0.994. The molecule has 3 N–H and O–H groups in total. The highest BCUT2D eigenvalue weighted by Gasteiger charge is 2.43. The lowest BCUT2D eigenvalue weighted by atomic mass is 10.00. The van der Waals surface area contributed by atoms with Gasteiger partial charge in [0.25, 0.3) is 0 Å². The summed E-state index contributed by atoms with van der Waals surface area (Å²) in [4.78, 5) is 24.9. The zero-order chi connectivity index (χ0) is 14.7. The van der Waals surface area contributed by atoms with E-state index in [2.05, 4.69) is 5.32 Å². The first-order chi connectivity index (χ1) is 9.52. The second-order valence-electron chi connectivity index (χ2n) is 5.60. The van der Waals surface area contributed by atoms with Crippen LogP contribution in [0.3, 0.4) is 0 Å². The molecule has 0 spiro atoms. The summed E-state index contributed by atoms with van der Waals surface area (Å²) in [6.07, 6.45) is 3.78. The molecule has 2 aliphatic rings. The average molecular weight is 302 g/mol. The fourth-order valence-corrected chi connectivity index (χ4v) is 3.61. The molecular formula is C13H22N2O4S. The Bertz CT molecular complexity index is 379. The van der Waals surface area contributed by atoms with Gasteiger partial charge in [-0.15, -0.1) is 0 Å². The van der Waals surface area contributed by atoms with E-state index in [9.17, 15) is 14.7 Å². The van der Waals surface area contributed by atoms with E-state index in [1.807, 2.05) is 6.26 Å². The van der Waals surface area contributed by atoms with Crippen molar-refractivity contribution in [1.82, 2.24) is 10.2 Å². The number of likely N-dealkylation sites (tertiary alicyclic amines) is 1. The molecular weight excluding hydrogens is 280 g/mol. The zero-order valence-corrected chi connectivity index (χ0v) is 12.4. The molecule has 0 bridgehead atoms. The van der Waals surface area contributed by atoms with E-state index in [0.29, 0.717) is 31.2 Å². The standard InChI is InChI=1S/C13H22N2O4S/c1-20-5-4-10(12(17)18)14-13(19)15-6-8-2-3-11(16)9(8)7-15/h8-11,16H,2-7H2,1H3,(H,14,19)(H,17,18)/t8?,9?,10-,11?/m0/s1. The highest BCUT2D eigenvalue weighted by molar-refractivity contribution is 7.98. The molecule has 1 aliphatic heterocycles. The van der Waals surface area contributed by atoms with Gasteiger partial charge in [-0.1, -0.05) is 0 Å². The molecule has 1 saturated carbocycles. The van der Waals surface area contributed by atoms with Gasteiger partial charge in [0.1, 0.15) is 6.04 Å². The summed E-state index contributed by atoms with van der Waals surface area (Å²) < 4.78 is 0. The Morgan fingerprint density at radius 1 is 1.40 bits per heavy atom. The third kappa shape index (κ3) is 3.38. The van der Waals surface area contributed by atoms with Crippen molar-refractivity contribution < 1.29 is 19.8 Å². The van der Waals surface area contributed by atoms with Crippen molar-refractivity contribution in [3.05, 3.63) is 0 Å². The summed E-state index contributed by atoms with van der Waals surface area (Å²) in [6, 6.07) is -1.15. The first-order valence-electron chi connectivity index (χ1n) is 6.98. The third-order valence-corrected chi connectivity index (χ3v) is 4.96. The molecule has 1 saturated heterocycles. The molecule has 6 nitrogen and oxygen atoms in total. The van der Waals surface area contributed by atoms with E-state index in [0.717, 1.165) is 12.8 Å². The van der Waals surface area contributed by atoms with Gasteiger partial charge >= 0.3 is 12.0 Å². The lowest BCUT2D eigenvalue weighted by Gasteiger charge is -2.22. The van der Waals surface area contributed by atoms with Crippen LogP contribution in [-0.2, 0) is 4.79 Å². The number of amides is 2. The second-order valence-corrected chi connectivity index (χ2v) is 6.58. The van der Waals surface area contributed by atoms with E-state index in [1.54, 1.807) is 16.7 Å². The van der Waals surface area contributed by atoms with Crippen LogP contribution in [0.25, 0.3) is 0 Å². The van der Waals surface area contributed by atoms with E-state index in [4.69, 9.17) is 5.11 Å². The SMILES string of the molecule is CSCC[C@H](NC(=O)N1CC2CCC(O)C2C1)C(=O)O. The fraction of sp³-hybridized carbons (Fsp3) is 0.846. The molecule has 0 aromatic heterocycles. The van der Waals surface area contributed by atoms with Gasteiger partial charge in [-0.3, -0.25) is 0 Å². The lowest BCUT2D eigenvalue weighted by Crippen LogP contribution is -2.48. The number of nitrogens with zero attached hydrogens (tertiary/aromatic N) is 1. The number of hydrogen-bond acceptors (Lipinski definition) is 4. The summed E-state index contributed by atoms with van der Waals surface area (Å²) in [5.41, 5.74) is 0. The Hall–Kier alpha value is -0.950. The third-order valence-electron chi connectivity index (χ3n) is 4.31. The summed E-state index contributed by atoms with van der Waals surface area (Å²) >= 11 is 1.56. The molecule has 1 aliphatic carbocycles. The Morgan fingerprint density at radius 3 is 2.75 bits per heavy atom. The lowest BCUT2D eigenvalue weighted by molar-refractivity contribution is -0.139. The summed E-state index contributed by atoms with van der Waals surface area (Å²) in [6.45, 7) is 1.16. The number of thioether (sulfide) groups is 1. The zero-order valence-electron chi connectivity index (χ0n) is 11.6. The first kappa shape index (κ1) is 15.4. The van der Waals surface area contributed by atoms with Crippen molar-refractivity contribution in [2.75, 3.05) is 25.1 Å². The average Bonchev–Trinajstić information content (AvgIpc) is 2.96. The maximum atomic E-state index is 12.1. The summed E-state index contributed by atoms with van der Waals surface area (Å²) in [5.74, 6) is 0.230. The largest absolute Gasteiger partial charge is 0.480 e. The van der Waals surface area contributed by atoms with Crippen molar-refractivity contribution in [2.45, 2.75) is 31.4 Å². The minimum absolute atomic E-state index is 0.162. The highest BCUT2D eigenvalue weighted by Crippen LogP contribution is 2.37. The second kappa shape index (κ2) is 6.67. The van der Waals surface area contributed by atoms with Gasteiger partial charge in [0.05, 0.1) is 6.10 Å². The smallest absolute Gasteiger partial charge is 0.326 e. The van der Waals surface area contributed by atoms with Crippen molar-refractivity contribution in [1.29, 1.82) is 0 Å². The van der Waals surface area contributed by atoms with Crippen LogP contribution in [0, 0.1) is 11.8 Å². The minimum Gasteiger partial charge on any atom is -0.480 e. The Labute approximate surface area is 122 Å². The number of urea groups is 1. The van der Waals surface area contributed by atoms with Gasteiger partial charge < -0.3 is 20.4 Å². The molecule has 0 aromatic rings. The maximum absolute atomic E-state index is 12.1. The maximum Gasteiger partial charge on any atom is 0.326 e. The van der Waals surface area contributed by atoms with Crippen LogP contribution >= 0.6 is 11.8 Å². The summed E-state index contributed by atoms with van der Waals surface area (Å²) in [5, 5.41) is 21.5. The molecule has 0 aromatic carbocycles. The number of nitrogens with one attached hydrogen (secondary N) is 1. The molecule has 0 radical (unpaired) electrons. The normalized spacial score (nSPS) is 30.1. The van der Waals surface area contributed by atoms with Crippen LogP contribution < -0.4 is 5.32 Å². The van der Waals surface area contributed by atoms with Crippen LogP contribution in [0.4, 0.5) is 4.79 Å². The van der Waals surface area contributed by atoms with E-state index in [1.165, 1.54) is 0 Å². The van der Waals surface area contributed by atoms with E-state index >= 15 is 0 Å². The van der Waals surface area contributed by atoms with Crippen LogP contribution in [0.15, 0.2) is 0 Å². The molecule has 114 valence electrons. The Kier molecular flexibility index (Phi) is 5.15. The fourth-order valence-electron chi connectivity index (χ4n) is 3.14. The quantitative estimate of drug-likeness (QED) is 0.692. The Morgan fingerprint density at radius 2 is 2.15 bits per heavy atom. The topological polar surface area (TPSA) is 89.9 Å². The van der Waals surface area contributed by atoms with Crippen molar-refractivity contribution in [3.8, 4) is 0 Å². The molecule has 20 heavy (non-hydrogen) atoms. The molecule has 2 fully saturated rings. The number of carbonyl (C=O) groups is 2. The number of aliphatic hydroxyl groups excluding tert-OH is 1. The van der Waals surface area contributed by atoms with Crippen molar-refractivity contribution >= 4 is 23.8 Å². The van der Waals surface area contributed by atoms with Crippen LogP contribution in [-0.4, -0.2) is 64.4 Å². The summed E-state index contributed by atoms with van der Waals surface area (Å²) in [7, 11) is 0. The molecule has 7 heteroatoms. The molecule has 3 unspecified atom stereocenters. The van der Waals surface area contributed by atoms with Crippen molar-refractivity contribution in [3.63, 3.8) is 0 Å². The number of fused-ring (bicyclic) bond motifs is 1.